The Morgan fingerprint density at radius 1 is 1.11 bits per heavy atom. The Morgan fingerprint density at radius 2 is 1.93 bits per heavy atom. The van der Waals surface area contributed by atoms with Gasteiger partial charge in [0.2, 0.25) is 0 Å². The molecule has 0 aliphatic carbocycles. The van der Waals surface area contributed by atoms with Crippen LogP contribution >= 0.6 is 0 Å². The SMILES string of the molecule is Cn1cc(-c2cc3c(cnn3C)cc2Oc2ccc([N+](=O)[O-])cc2F)cn1. The van der Waals surface area contributed by atoms with Gasteiger partial charge in [0.25, 0.3) is 5.69 Å². The Labute approximate surface area is 152 Å². The van der Waals surface area contributed by atoms with Gasteiger partial charge in [-0.1, -0.05) is 0 Å². The average Bonchev–Trinajstić information content (AvgIpc) is 3.22. The van der Waals surface area contributed by atoms with E-state index in [1.54, 1.807) is 34.9 Å². The van der Waals surface area contributed by atoms with E-state index in [1.807, 2.05) is 19.3 Å². The zero-order chi connectivity index (χ0) is 19.1. The summed E-state index contributed by atoms with van der Waals surface area (Å²) in [7, 11) is 3.62. The molecule has 0 unspecified atom stereocenters. The number of aryl methyl sites for hydroxylation is 2. The number of fused-ring (bicyclic) bond motifs is 1. The van der Waals surface area contributed by atoms with Crippen LogP contribution in [0.3, 0.4) is 0 Å². The van der Waals surface area contributed by atoms with Crippen LogP contribution in [0.2, 0.25) is 0 Å². The summed E-state index contributed by atoms with van der Waals surface area (Å²) >= 11 is 0. The van der Waals surface area contributed by atoms with Crippen molar-refractivity contribution >= 4 is 16.6 Å². The van der Waals surface area contributed by atoms with Crippen LogP contribution in [0.1, 0.15) is 0 Å². The third-order valence-corrected chi connectivity index (χ3v) is 4.21. The lowest BCUT2D eigenvalue weighted by Crippen LogP contribution is -1.95. The summed E-state index contributed by atoms with van der Waals surface area (Å²) in [6, 6.07) is 6.92. The average molecular weight is 367 g/mol. The minimum Gasteiger partial charge on any atom is -0.454 e. The van der Waals surface area contributed by atoms with Gasteiger partial charge in [-0.3, -0.25) is 19.5 Å². The lowest BCUT2D eigenvalue weighted by molar-refractivity contribution is -0.385. The van der Waals surface area contributed by atoms with Gasteiger partial charge in [0.15, 0.2) is 11.6 Å². The Bertz CT molecular complexity index is 1180. The molecule has 0 spiro atoms. The normalized spacial score (nSPS) is 11.1. The standard InChI is InChI=1S/C18H14FN5O3/c1-22-10-12(9-20-22)14-7-16-11(8-21-23(16)2)5-18(14)27-17-4-3-13(24(25)26)6-15(17)19/h3-10H,1-2H3. The fourth-order valence-corrected chi connectivity index (χ4v) is 2.85. The molecular weight excluding hydrogens is 353 g/mol. The highest BCUT2D eigenvalue weighted by Gasteiger charge is 2.17. The summed E-state index contributed by atoms with van der Waals surface area (Å²) < 4.78 is 23.5. The maximum Gasteiger partial charge on any atom is 0.272 e. The molecule has 0 saturated carbocycles. The van der Waals surface area contributed by atoms with E-state index < -0.39 is 10.7 Å². The van der Waals surface area contributed by atoms with Crippen molar-refractivity contribution in [3.8, 4) is 22.6 Å². The number of rotatable bonds is 4. The zero-order valence-corrected chi connectivity index (χ0v) is 14.5. The lowest BCUT2D eigenvalue weighted by atomic mass is 10.1. The van der Waals surface area contributed by atoms with Crippen LogP contribution in [0.15, 0.2) is 48.9 Å². The number of nitro benzene ring substituents is 1. The summed E-state index contributed by atoms with van der Waals surface area (Å²) in [4.78, 5) is 10.1. The molecule has 0 fully saturated rings. The third kappa shape index (κ3) is 2.99. The minimum atomic E-state index is -0.812. The number of benzene rings is 2. The summed E-state index contributed by atoms with van der Waals surface area (Å²) in [5.74, 6) is -0.516. The number of ether oxygens (including phenoxy) is 1. The van der Waals surface area contributed by atoms with Crippen molar-refractivity contribution < 1.29 is 14.1 Å². The maximum absolute atomic E-state index is 14.3. The first-order valence-electron chi connectivity index (χ1n) is 7.99. The molecule has 8 nitrogen and oxygen atoms in total. The Morgan fingerprint density at radius 3 is 2.59 bits per heavy atom. The quantitative estimate of drug-likeness (QED) is 0.404. The number of halogens is 1. The van der Waals surface area contributed by atoms with E-state index in [4.69, 9.17) is 4.74 Å². The van der Waals surface area contributed by atoms with Crippen LogP contribution in [0.25, 0.3) is 22.0 Å². The first-order chi connectivity index (χ1) is 12.9. The van der Waals surface area contributed by atoms with Gasteiger partial charge in [0.1, 0.15) is 5.75 Å². The molecule has 0 saturated heterocycles. The first-order valence-corrected chi connectivity index (χ1v) is 7.99. The van der Waals surface area contributed by atoms with E-state index in [2.05, 4.69) is 10.2 Å². The topological polar surface area (TPSA) is 88.0 Å². The molecule has 2 heterocycles. The van der Waals surface area contributed by atoms with Crippen molar-refractivity contribution in [2.75, 3.05) is 0 Å². The van der Waals surface area contributed by atoms with Gasteiger partial charge in [0.05, 0.1) is 28.9 Å². The molecule has 27 heavy (non-hydrogen) atoms. The van der Waals surface area contributed by atoms with Crippen molar-refractivity contribution in [1.82, 2.24) is 19.6 Å². The molecule has 0 aliphatic heterocycles. The summed E-state index contributed by atoms with van der Waals surface area (Å²) in [6.45, 7) is 0. The van der Waals surface area contributed by atoms with E-state index in [0.29, 0.717) is 11.3 Å². The van der Waals surface area contributed by atoms with E-state index in [0.717, 1.165) is 22.5 Å². The Hall–Kier alpha value is -3.75. The number of nitro groups is 1. The summed E-state index contributed by atoms with van der Waals surface area (Å²) in [5, 5.41) is 20.0. The Balaban J connectivity index is 1.84. The van der Waals surface area contributed by atoms with Gasteiger partial charge in [0, 0.05) is 42.9 Å². The fraction of sp³-hybridized carbons (Fsp3) is 0.111. The maximum atomic E-state index is 14.3. The third-order valence-electron chi connectivity index (χ3n) is 4.21. The molecule has 0 N–H and O–H groups in total. The molecule has 4 rings (SSSR count). The van der Waals surface area contributed by atoms with Gasteiger partial charge in [-0.05, 0) is 18.2 Å². The molecule has 0 atom stereocenters. The largest absolute Gasteiger partial charge is 0.454 e. The highest BCUT2D eigenvalue weighted by atomic mass is 19.1. The number of hydrogen-bond donors (Lipinski definition) is 0. The number of non-ortho nitro benzene ring substituents is 1. The molecule has 4 aromatic rings. The van der Waals surface area contributed by atoms with E-state index in [9.17, 15) is 14.5 Å². The number of hydrogen-bond acceptors (Lipinski definition) is 5. The van der Waals surface area contributed by atoms with E-state index in [-0.39, 0.29) is 11.4 Å². The van der Waals surface area contributed by atoms with E-state index in [1.165, 1.54) is 12.1 Å². The van der Waals surface area contributed by atoms with Gasteiger partial charge in [-0.25, -0.2) is 4.39 Å². The van der Waals surface area contributed by atoms with Gasteiger partial charge >= 0.3 is 0 Å². The van der Waals surface area contributed by atoms with Crippen LogP contribution in [0.4, 0.5) is 10.1 Å². The predicted molar refractivity (Wildman–Crippen MR) is 96.0 cm³/mol. The van der Waals surface area contributed by atoms with Crippen molar-refractivity contribution in [2.45, 2.75) is 0 Å². The number of aromatic nitrogens is 4. The molecule has 0 aliphatic rings. The van der Waals surface area contributed by atoms with Crippen LogP contribution in [-0.2, 0) is 14.1 Å². The molecule has 0 bridgehead atoms. The van der Waals surface area contributed by atoms with Crippen molar-refractivity contribution in [3.63, 3.8) is 0 Å². The summed E-state index contributed by atoms with van der Waals surface area (Å²) in [6.07, 6.45) is 5.18. The molecule has 0 radical (unpaired) electrons. The lowest BCUT2D eigenvalue weighted by Gasteiger charge is -2.12. The first kappa shape index (κ1) is 16.7. The Kier molecular flexibility index (Phi) is 3.84. The second-order valence-electron chi connectivity index (χ2n) is 6.05. The predicted octanol–water partition coefficient (Wildman–Crippen LogP) is 3.81. The van der Waals surface area contributed by atoms with Gasteiger partial charge < -0.3 is 4.74 Å². The molecule has 2 aromatic heterocycles. The smallest absolute Gasteiger partial charge is 0.272 e. The molecule has 9 heteroatoms. The molecule has 136 valence electrons. The van der Waals surface area contributed by atoms with Crippen LogP contribution in [-0.4, -0.2) is 24.5 Å². The minimum absolute atomic E-state index is 0.103. The highest BCUT2D eigenvalue weighted by Crippen LogP contribution is 2.37. The van der Waals surface area contributed by atoms with Crippen LogP contribution in [0.5, 0.6) is 11.5 Å². The second kappa shape index (κ2) is 6.20. The summed E-state index contributed by atoms with van der Waals surface area (Å²) in [5.41, 5.74) is 2.04. The monoisotopic (exact) mass is 367 g/mol. The molecule has 0 amide bonds. The van der Waals surface area contributed by atoms with Crippen LogP contribution in [0, 0.1) is 15.9 Å². The van der Waals surface area contributed by atoms with Crippen LogP contribution < -0.4 is 4.74 Å². The van der Waals surface area contributed by atoms with Crippen molar-refractivity contribution in [3.05, 3.63) is 64.9 Å². The number of nitrogens with zero attached hydrogens (tertiary/aromatic N) is 5. The molecular formula is C18H14FN5O3. The fourth-order valence-electron chi connectivity index (χ4n) is 2.85. The highest BCUT2D eigenvalue weighted by molar-refractivity contribution is 5.88. The zero-order valence-electron chi connectivity index (χ0n) is 14.5. The van der Waals surface area contributed by atoms with Crippen molar-refractivity contribution in [2.24, 2.45) is 14.1 Å². The second-order valence-corrected chi connectivity index (χ2v) is 6.05. The van der Waals surface area contributed by atoms with Gasteiger partial charge in [-0.2, -0.15) is 10.2 Å². The molecule has 2 aromatic carbocycles. The van der Waals surface area contributed by atoms with E-state index >= 15 is 0 Å². The van der Waals surface area contributed by atoms with Gasteiger partial charge in [-0.15, -0.1) is 0 Å². The van der Waals surface area contributed by atoms with Crippen molar-refractivity contribution in [1.29, 1.82) is 0 Å².